The maximum Gasteiger partial charge on any atom is 0.407 e. The average molecular weight is 313 g/mol. The number of hydrogen-bond acceptors (Lipinski definition) is 4. The van der Waals surface area contributed by atoms with Gasteiger partial charge in [0.2, 0.25) is 0 Å². The molecule has 22 heavy (non-hydrogen) atoms. The molecule has 1 unspecified atom stereocenters. The Balaban J connectivity index is 2.06. The second kappa shape index (κ2) is 10.1. The number of nitrogens with one attached hydrogen (secondary N) is 2. The van der Waals surface area contributed by atoms with Crippen LogP contribution in [0.4, 0.5) is 4.79 Å². The molecule has 2 N–H and O–H groups in total. The van der Waals surface area contributed by atoms with Crippen LogP contribution >= 0.6 is 0 Å². The smallest absolute Gasteiger partial charge is 0.407 e. The molecular weight excluding hydrogens is 278 g/mol. The van der Waals surface area contributed by atoms with E-state index in [-0.39, 0.29) is 6.09 Å². The highest BCUT2D eigenvalue weighted by molar-refractivity contribution is 5.67. The first-order chi connectivity index (χ1) is 10.4. The van der Waals surface area contributed by atoms with Crippen LogP contribution in [0.1, 0.15) is 59.8 Å². The topological polar surface area (TPSA) is 53.6 Å². The summed E-state index contributed by atoms with van der Waals surface area (Å²) in [5.74, 6) is 0. The summed E-state index contributed by atoms with van der Waals surface area (Å²) in [5.41, 5.74) is -0.424. The largest absolute Gasteiger partial charge is 0.444 e. The van der Waals surface area contributed by atoms with Crippen molar-refractivity contribution in [2.45, 2.75) is 71.4 Å². The zero-order valence-electron chi connectivity index (χ0n) is 14.9. The highest BCUT2D eigenvalue weighted by atomic mass is 16.6. The van der Waals surface area contributed by atoms with Crippen LogP contribution in [0.25, 0.3) is 0 Å². The van der Waals surface area contributed by atoms with Crippen LogP contribution in [0.3, 0.4) is 0 Å². The lowest BCUT2D eigenvalue weighted by molar-refractivity contribution is 0.0527. The number of nitrogens with zero attached hydrogens (tertiary/aromatic N) is 1. The second-order valence-corrected chi connectivity index (χ2v) is 7.21. The van der Waals surface area contributed by atoms with Gasteiger partial charge in [-0.25, -0.2) is 4.79 Å². The van der Waals surface area contributed by atoms with Crippen LogP contribution in [0.2, 0.25) is 0 Å². The Morgan fingerprint density at radius 1 is 1.23 bits per heavy atom. The number of rotatable bonds is 7. The summed E-state index contributed by atoms with van der Waals surface area (Å²) in [6.07, 6.45) is 5.65. The summed E-state index contributed by atoms with van der Waals surface area (Å²) in [4.78, 5) is 14.1. The van der Waals surface area contributed by atoms with E-state index in [0.717, 1.165) is 13.0 Å². The van der Waals surface area contributed by atoms with Crippen LogP contribution in [0, 0.1) is 0 Å². The van der Waals surface area contributed by atoms with E-state index < -0.39 is 5.60 Å². The van der Waals surface area contributed by atoms with Gasteiger partial charge in [-0.15, -0.1) is 0 Å². The molecule has 1 heterocycles. The summed E-state index contributed by atoms with van der Waals surface area (Å²) in [7, 11) is 0. The fraction of sp³-hybridized carbons (Fsp3) is 0.941. The number of ether oxygens (including phenoxy) is 1. The molecule has 0 aromatic rings. The molecule has 1 saturated heterocycles. The fourth-order valence-electron chi connectivity index (χ4n) is 2.80. The molecule has 0 aromatic carbocycles. The number of amides is 1. The monoisotopic (exact) mass is 313 g/mol. The van der Waals surface area contributed by atoms with E-state index in [9.17, 15) is 4.79 Å². The van der Waals surface area contributed by atoms with E-state index in [1.165, 1.54) is 45.3 Å². The third kappa shape index (κ3) is 9.26. The SMILES string of the molecule is CCCN1CCCC(NCCCNC(=O)OC(C)(C)C)CC1. The van der Waals surface area contributed by atoms with Crippen molar-refractivity contribution in [1.82, 2.24) is 15.5 Å². The molecule has 0 saturated carbocycles. The summed E-state index contributed by atoms with van der Waals surface area (Å²) < 4.78 is 5.21. The maximum absolute atomic E-state index is 11.5. The molecule has 0 aliphatic carbocycles. The number of hydrogen-bond donors (Lipinski definition) is 2. The summed E-state index contributed by atoms with van der Waals surface area (Å²) in [6.45, 7) is 13.2. The van der Waals surface area contributed by atoms with Gasteiger partial charge in [0.15, 0.2) is 0 Å². The van der Waals surface area contributed by atoms with Crippen LogP contribution < -0.4 is 10.6 Å². The molecular formula is C17H35N3O2. The highest BCUT2D eigenvalue weighted by Gasteiger charge is 2.16. The van der Waals surface area contributed by atoms with Crippen molar-refractivity contribution in [2.75, 3.05) is 32.7 Å². The van der Waals surface area contributed by atoms with Crippen molar-refractivity contribution in [3.05, 3.63) is 0 Å². The molecule has 1 rings (SSSR count). The van der Waals surface area contributed by atoms with Crippen molar-refractivity contribution in [3.63, 3.8) is 0 Å². The standard InChI is InChI=1S/C17H35N3O2/c1-5-12-20-13-6-8-15(9-14-20)18-10-7-11-19-16(21)22-17(2,3)4/h15,18H,5-14H2,1-4H3,(H,19,21). The summed E-state index contributed by atoms with van der Waals surface area (Å²) >= 11 is 0. The first-order valence-electron chi connectivity index (χ1n) is 8.83. The zero-order chi connectivity index (χ0) is 16.4. The molecule has 1 aliphatic rings. The molecule has 1 aliphatic heterocycles. The summed E-state index contributed by atoms with van der Waals surface area (Å²) in [6, 6.07) is 0.628. The second-order valence-electron chi connectivity index (χ2n) is 7.21. The number of alkyl carbamates (subject to hydrolysis) is 1. The van der Waals surface area contributed by atoms with E-state index in [1.54, 1.807) is 0 Å². The van der Waals surface area contributed by atoms with E-state index in [1.807, 2.05) is 20.8 Å². The van der Waals surface area contributed by atoms with Gasteiger partial charge in [-0.2, -0.15) is 0 Å². The van der Waals surface area contributed by atoms with Gasteiger partial charge in [-0.05, 0) is 79.1 Å². The molecule has 0 radical (unpaired) electrons. The molecule has 0 aromatic heterocycles. The van der Waals surface area contributed by atoms with E-state index in [0.29, 0.717) is 12.6 Å². The van der Waals surface area contributed by atoms with Crippen molar-refractivity contribution >= 4 is 6.09 Å². The molecule has 5 heteroatoms. The number of likely N-dealkylation sites (tertiary alicyclic amines) is 1. The Bertz CT molecular complexity index is 316. The first kappa shape index (κ1) is 19.2. The highest BCUT2D eigenvalue weighted by Crippen LogP contribution is 2.11. The van der Waals surface area contributed by atoms with Gasteiger partial charge in [0.25, 0.3) is 0 Å². The quantitative estimate of drug-likeness (QED) is 0.710. The molecule has 1 amide bonds. The van der Waals surface area contributed by atoms with Crippen LogP contribution in [-0.2, 0) is 4.74 Å². The van der Waals surface area contributed by atoms with Crippen molar-refractivity contribution in [1.29, 1.82) is 0 Å². The van der Waals surface area contributed by atoms with Crippen molar-refractivity contribution in [3.8, 4) is 0 Å². The van der Waals surface area contributed by atoms with Gasteiger partial charge in [-0.1, -0.05) is 6.92 Å². The van der Waals surface area contributed by atoms with E-state index >= 15 is 0 Å². The minimum atomic E-state index is -0.424. The lowest BCUT2D eigenvalue weighted by atomic mass is 10.1. The Morgan fingerprint density at radius 3 is 2.68 bits per heavy atom. The van der Waals surface area contributed by atoms with Gasteiger partial charge < -0.3 is 20.3 Å². The lowest BCUT2D eigenvalue weighted by Crippen LogP contribution is -2.35. The molecule has 1 atom stereocenters. The van der Waals surface area contributed by atoms with Crippen molar-refractivity contribution in [2.24, 2.45) is 0 Å². The predicted molar refractivity (Wildman–Crippen MR) is 91.2 cm³/mol. The third-order valence-corrected chi connectivity index (χ3v) is 3.82. The fourth-order valence-corrected chi connectivity index (χ4v) is 2.80. The molecule has 0 spiro atoms. The van der Waals surface area contributed by atoms with Crippen LogP contribution in [-0.4, -0.2) is 55.4 Å². The molecule has 1 fully saturated rings. The third-order valence-electron chi connectivity index (χ3n) is 3.82. The van der Waals surface area contributed by atoms with Gasteiger partial charge >= 0.3 is 6.09 Å². The van der Waals surface area contributed by atoms with Crippen LogP contribution in [0.15, 0.2) is 0 Å². The minimum Gasteiger partial charge on any atom is -0.444 e. The van der Waals surface area contributed by atoms with Gasteiger partial charge in [-0.3, -0.25) is 0 Å². The van der Waals surface area contributed by atoms with Gasteiger partial charge in [0.1, 0.15) is 5.60 Å². The lowest BCUT2D eigenvalue weighted by Gasteiger charge is -2.20. The van der Waals surface area contributed by atoms with E-state index in [2.05, 4.69) is 22.5 Å². The predicted octanol–water partition coefficient (Wildman–Crippen LogP) is 2.76. The van der Waals surface area contributed by atoms with Crippen LogP contribution in [0.5, 0.6) is 0 Å². The summed E-state index contributed by atoms with van der Waals surface area (Å²) in [5, 5.41) is 6.43. The molecule has 130 valence electrons. The van der Waals surface area contributed by atoms with Gasteiger partial charge in [0, 0.05) is 12.6 Å². The first-order valence-corrected chi connectivity index (χ1v) is 8.83. The van der Waals surface area contributed by atoms with E-state index in [4.69, 9.17) is 4.74 Å². The Kier molecular flexibility index (Phi) is 8.79. The minimum absolute atomic E-state index is 0.322. The molecule has 0 bridgehead atoms. The Morgan fingerprint density at radius 2 is 2.00 bits per heavy atom. The number of carbonyl (C=O) groups is 1. The zero-order valence-corrected chi connectivity index (χ0v) is 14.9. The normalized spacial score (nSPS) is 20.5. The molecule has 5 nitrogen and oxygen atoms in total. The Labute approximate surface area is 136 Å². The van der Waals surface area contributed by atoms with Gasteiger partial charge in [0.05, 0.1) is 0 Å². The van der Waals surface area contributed by atoms with Crippen molar-refractivity contribution < 1.29 is 9.53 Å². The average Bonchev–Trinajstić information content (AvgIpc) is 2.62. The Hall–Kier alpha value is -0.810. The maximum atomic E-state index is 11.5. The number of carbonyl (C=O) groups excluding carboxylic acids is 1.